The third-order valence-corrected chi connectivity index (χ3v) is 8.86. The van der Waals surface area contributed by atoms with Gasteiger partial charge in [0.2, 0.25) is 10.0 Å². The zero-order chi connectivity index (χ0) is 20.7. The average molecular weight is 426 g/mol. The lowest BCUT2D eigenvalue weighted by Gasteiger charge is -2.54. The van der Waals surface area contributed by atoms with Crippen LogP contribution in [0.4, 0.5) is 11.4 Å². The van der Waals surface area contributed by atoms with Crippen LogP contribution in [0.5, 0.6) is 0 Å². The van der Waals surface area contributed by atoms with Crippen molar-refractivity contribution in [3.05, 3.63) is 54.1 Å². The molecule has 6 rings (SSSR count). The Labute approximate surface area is 179 Å². The summed E-state index contributed by atoms with van der Waals surface area (Å²) in [6.45, 7) is 0.653. The lowest BCUT2D eigenvalue weighted by Crippen LogP contribution is -2.51. The van der Waals surface area contributed by atoms with Crippen LogP contribution in [0.1, 0.15) is 37.7 Å². The first-order chi connectivity index (χ1) is 14.5. The Hall–Kier alpha value is -2.05. The third-order valence-electron chi connectivity index (χ3n) is 7.44. The molecule has 0 aliphatic heterocycles. The van der Waals surface area contributed by atoms with Crippen LogP contribution in [-0.2, 0) is 16.6 Å². The largest absolute Gasteiger partial charge is 0.380 e. The fourth-order valence-electron chi connectivity index (χ4n) is 6.21. The summed E-state index contributed by atoms with van der Waals surface area (Å²) < 4.78 is 27.2. The minimum Gasteiger partial charge on any atom is -0.380 e. The molecule has 0 amide bonds. The van der Waals surface area contributed by atoms with E-state index in [4.69, 9.17) is 0 Å². The molecule has 2 aromatic carbocycles. The lowest BCUT2D eigenvalue weighted by atomic mass is 9.54. The molecular formula is C24H31N3O2S. The van der Waals surface area contributed by atoms with Crippen LogP contribution in [0.2, 0.25) is 0 Å². The second-order valence-electron chi connectivity index (χ2n) is 9.35. The lowest BCUT2D eigenvalue weighted by molar-refractivity contribution is 0.00756. The van der Waals surface area contributed by atoms with Crippen molar-refractivity contribution < 1.29 is 8.42 Å². The van der Waals surface area contributed by atoms with Gasteiger partial charge in [0, 0.05) is 12.6 Å². The topological polar surface area (TPSA) is 70.2 Å². The highest BCUT2D eigenvalue weighted by Gasteiger charge is 2.48. The molecule has 0 radical (unpaired) electrons. The molecule has 6 heteroatoms. The van der Waals surface area contributed by atoms with Crippen LogP contribution in [0.25, 0.3) is 0 Å². The summed E-state index contributed by atoms with van der Waals surface area (Å²) in [6.07, 6.45) is 6.85. The Bertz CT molecular complexity index is 978. The molecule has 4 fully saturated rings. The third kappa shape index (κ3) is 3.83. The second kappa shape index (κ2) is 7.89. The zero-order valence-corrected chi connectivity index (χ0v) is 18.3. The van der Waals surface area contributed by atoms with Gasteiger partial charge in [0.1, 0.15) is 0 Å². The van der Waals surface area contributed by atoms with E-state index in [0.29, 0.717) is 12.6 Å². The molecule has 3 N–H and O–H groups in total. The van der Waals surface area contributed by atoms with Crippen molar-refractivity contribution in [3.8, 4) is 0 Å². The number of nitrogens with one attached hydrogen (secondary N) is 3. The Morgan fingerprint density at radius 3 is 2.17 bits per heavy atom. The molecule has 4 aliphatic carbocycles. The van der Waals surface area contributed by atoms with Gasteiger partial charge >= 0.3 is 0 Å². The van der Waals surface area contributed by atoms with Crippen LogP contribution in [0.3, 0.4) is 0 Å². The van der Waals surface area contributed by atoms with Crippen LogP contribution in [0.15, 0.2) is 53.4 Å². The van der Waals surface area contributed by atoms with E-state index in [9.17, 15) is 8.42 Å². The minimum atomic E-state index is -3.49. The van der Waals surface area contributed by atoms with Gasteiger partial charge in [-0.1, -0.05) is 30.3 Å². The predicted molar refractivity (Wildman–Crippen MR) is 121 cm³/mol. The highest BCUT2D eigenvalue weighted by molar-refractivity contribution is 7.89. The smallest absolute Gasteiger partial charge is 0.240 e. The number of anilines is 2. The van der Waals surface area contributed by atoms with Gasteiger partial charge in [-0.2, -0.15) is 0 Å². The molecule has 0 spiro atoms. The van der Waals surface area contributed by atoms with Gasteiger partial charge in [-0.05, 0) is 86.6 Å². The summed E-state index contributed by atoms with van der Waals surface area (Å²) in [4.78, 5) is 0.288. The summed E-state index contributed by atoms with van der Waals surface area (Å²) in [5, 5.41) is 7.33. The average Bonchev–Trinajstić information content (AvgIpc) is 2.75. The number of sulfonamides is 1. The number of rotatable bonds is 7. The van der Waals surface area contributed by atoms with E-state index in [1.165, 1.54) is 44.7 Å². The van der Waals surface area contributed by atoms with E-state index in [1.54, 1.807) is 12.1 Å². The van der Waals surface area contributed by atoms with Crippen LogP contribution in [-0.4, -0.2) is 21.5 Å². The van der Waals surface area contributed by atoms with E-state index >= 15 is 0 Å². The Morgan fingerprint density at radius 2 is 1.53 bits per heavy atom. The van der Waals surface area contributed by atoms with Crippen molar-refractivity contribution in [1.29, 1.82) is 0 Å². The molecule has 30 heavy (non-hydrogen) atoms. The van der Waals surface area contributed by atoms with E-state index in [-0.39, 0.29) is 4.90 Å². The van der Waals surface area contributed by atoms with Crippen molar-refractivity contribution in [2.45, 2.75) is 49.6 Å². The van der Waals surface area contributed by atoms with Crippen molar-refractivity contribution in [3.63, 3.8) is 0 Å². The molecule has 2 aromatic rings. The maximum absolute atomic E-state index is 12.4. The highest BCUT2D eigenvalue weighted by Crippen LogP contribution is 2.54. The normalized spacial score (nSPS) is 29.7. The van der Waals surface area contributed by atoms with Gasteiger partial charge in [-0.25, -0.2) is 13.1 Å². The molecule has 160 valence electrons. The van der Waals surface area contributed by atoms with E-state index in [0.717, 1.165) is 35.0 Å². The first-order valence-corrected chi connectivity index (χ1v) is 12.6. The van der Waals surface area contributed by atoms with Crippen molar-refractivity contribution in [1.82, 2.24) is 4.72 Å². The molecule has 0 atom stereocenters. The van der Waals surface area contributed by atoms with E-state index < -0.39 is 10.0 Å². The number of hydrogen-bond donors (Lipinski definition) is 3. The first kappa shape index (κ1) is 19.9. The monoisotopic (exact) mass is 425 g/mol. The van der Waals surface area contributed by atoms with Gasteiger partial charge in [-0.15, -0.1) is 0 Å². The standard InChI is InChI=1S/C24H31N3O2S/c1-25-30(28,29)21-7-8-22(23(14-21)26-15-16-5-3-2-4-6-16)27-24-19-10-17-9-18(12-19)13-20(24)11-17/h2-8,14,17-20,24-27H,9-13,15H2,1H3. The van der Waals surface area contributed by atoms with Gasteiger partial charge in [0.15, 0.2) is 0 Å². The summed E-state index contributed by atoms with van der Waals surface area (Å²) in [5.74, 6) is 3.38. The van der Waals surface area contributed by atoms with Gasteiger partial charge in [0.05, 0.1) is 16.3 Å². The fraction of sp³-hybridized carbons (Fsp3) is 0.500. The predicted octanol–water partition coefficient (Wildman–Crippen LogP) is 4.44. The second-order valence-corrected chi connectivity index (χ2v) is 11.2. The first-order valence-electron chi connectivity index (χ1n) is 11.1. The SMILES string of the molecule is CNS(=O)(=O)c1ccc(NC2C3CC4CC(C3)CC2C4)c(NCc2ccccc2)c1. The van der Waals surface area contributed by atoms with E-state index in [2.05, 4.69) is 27.5 Å². The van der Waals surface area contributed by atoms with Gasteiger partial charge in [0.25, 0.3) is 0 Å². The molecule has 0 saturated heterocycles. The molecule has 5 nitrogen and oxygen atoms in total. The maximum Gasteiger partial charge on any atom is 0.240 e. The van der Waals surface area contributed by atoms with Crippen molar-refractivity contribution in [2.75, 3.05) is 17.7 Å². The molecular weight excluding hydrogens is 394 g/mol. The van der Waals surface area contributed by atoms with Crippen molar-refractivity contribution >= 4 is 21.4 Å². The molecule has 4 aliphatic rings. The number of benzene rings is 2. The Morgan fingerprint density at radius 1 is 0.867 bits per heavy atom. The molecule has 4 saturated carbocycles. The Kier molecular flexibility index (Phi) is 5.23. The van der Waals surface area contributed by atoms with Crippen LogP contribution < -0.4 is 15.4 Å². The van der Waals surface area contributed by atoms with Crippen LogP contribution in [0, 0.1) is 23.7 Å². The summed E-state index contributed by atoms with van der Waals surface area (Å²) in [7, 11) is -2.04. The maximum atomic E-state index is 12.4. The zero-order valence-electron chi connectivity index (χ0n) is 17.5. The van der Waals surface area contributed by atoms with E-state index in [1.807, 2.05) is 24.3 Å². The highest BCUT2D eigenvalue weighted by atomic mass is 32.2. The summed E-state index contributed by atoms with van der Waals surface area (Å²) in [6, 6.07) is 16.1. The van der Waals surface area contributed by atoms with Crippen molar-refractivity contribution in [2.24, 2.45) is 23.7 Å². The molecule has 4 bridgehead atoms. The molecule has 0 aromatic heterocycles. The van der Waals surface area contributed by atoms with Gasteiger partial charge < -0.3 is 10.6 Å². The quantitative estimate of drug-likeness (QED) is 0.613. The molecule has 0 unspecified atom stereocenters. The van der Waals surface area contributed by atoms with Crippen LogP contribution >= 0.6 is 0 Å². The summed E-state index contributed by atoms with van der Waals surface area (Å²) >= 11 is 0. The minimum absolute atomic E-state index is 0.288. The summed E-state index contributed by atoms with van der Waals surface area (Å²) in [5.41, 5.74) is 3.03. The van der Waals surface area contributed by atoms with Gasteiger partial charge in [-0.3, -0.25) is 0 Å². The number of hydrogen-bond acceptors (Lipinski definition) is 4. The fourth-order valence-corrected chi connectivity index (χ4v) is 6.97. The molecule has 0 heterocycles. The Balaban J connectivity index is 1.41.